The second-order valence-electron chi connectivity index (χ2n) is 8.46. The summed E-state index contributed by atoms with van der Waals surface area (Å²) >= 11 is 0. The lowest BCUT2D eigenvalue weighted by Gasteiger charge is -2.31. The van der Waals surface area contributed by atoms with Crippen LogP contribution in [0, 0.1) is 18.3 Å². The van der Waals surface area contributed by atoms with E-state index < -0.39 is 5.41 Å². The summed E-state index contributed by atoms with van der Waals surface area (Å²) in [5.41, 5.74) is 0.604. The van der Waals surface area contributed by atoms with Crippen LogP contribution in [0.3, 0.4) is 0 Å². The molecule has 2 atom stereocenters. The molecule has 6 heteroatoms. The molecule has 2 aliphatic heterocycles. The molecule has 0 aromatic heterocycles. The van der Waals surface area contributed by atoms with Crippen molar-refractivity contribution >= 4 is 11.8 Å². The molecule has 148 valence electrons. The molecule has 27 heavy (non-hydrogen) atoms. The van der Waals surface area contributed by atoms with Gasteiger partial charge in [-0.2, -0.15) is 0 Å². The molecule has 3 rings (SSSR count). The number of ether oxygens (including phenoxy) is 1. The van der Waals surface area contributed by atoms with Crippen LogP contribution in [-0.4, -0.2) is 79.4 Å². The summed E-state index contributed by atoms with van der Waals surface area (Å²) in [7, 11) is 3.61. The minimum Gasteiger partial charge on any atom is -0.484 e. The van der Waals surface area contributed by atoms with Crippen LogP contribution in [0.25, 0.3) is 0 Å². The molecule has 1 aromatic rings. The Morgan fingerprint density at radius 1 is 1.26 bits per heavy atom. The smallest absolute Gasteiger partial charge is 0.260 e. The maximum absolute atomic E-state index is 13.0. The molecule has 2 fully saturated rings. The van der Waals surface area contributed by atoms with E-state index in [0.29, 0.717) is 24.9 Å². The third kappa shape index (κ3) is 3.81. The molecule has 0 unspecified atom stereocenters. The van der Waals surface area contributed by atoms with Crippen LogP contribution in [0.4, 0.5) is 0 Å². The summed E-state index contributed by atoms with van der Waals surface area (Å²) < 4.78 is 5.69. The van der Waals surface area contributed by atoms with Crippen LogP contribution >= 0.6 is 0 Å². The van der Waals surface area contributed by atoms with Crippen LogP contribution < -0.4 is 4.74 Å². The van der Waals surface area contributed by atoms with E-state index in [1.54, 1.807) is 19.0 Å². The van der Waals surface area contributed by atoms with Gasteiger partial charge in [-0.05, 0) is 38.5 Å². The first-order chi connectivity index (χ1) is 12.7. The highest BCUT2D eigenvalue weighted by Crippen LogP contribution is 2.44. The van der Waals surface area contributed by atoms with Gasteiger partial charge < -0.3 is 14.5 Å². The van der Waals surface area contributed by atoms with Crippen molar-refractivity contribution in [2.75, 3.05) is 46.9 Å². The summed E-state index contributed by atoms with van der Waals surface area (Å²) in [6, 6.07) is 8.09. The van der Waals surface area contributed by atoms with Crippen molar-refractivity contribution in [1.82, 2.24) is 14.7 Å². The van der Waals surface area contributed by atoms with Crippen LogP contribution in [0.5, 0.6) is 5.75 Å². The van der Waals surface area contributed by atoms with Gasteiger partial charge in [-0.25, -0.2) is 0 Å². The Bertz CT molecular complexity index is 718. The van der Waals surface area contributed by atoms with E-state index in [4.69, 9.17) is 4.74 Å². The lowest BCUT2D eigenvalue weighted by Crippen LogP contribution is -2.48. The highest BCUT2D eigenvalue weighted by atomic mass is 16.5. The first-order valence-electron chi connectivity index (χ1n) is 9.66. The van der Waals surface area contributed by atoms with Gasteiger partial charge in [0, 0.05) is 52.2 Å². The van der Waals surface area contributed by atoms with Crippen LogP contribution in [0.15, 0.2) is 24.3 Å². The third-order valence-electron chi connectivity index (χ3n) is 5.90. The van der Waals surface area contributed by atoms with E-state index in [0.717, 1.165) is 18.7 Å². The largest absolute Gasteiger partial charge is 0.484 e. The molecule has 0 saturated carbocycles. The van der Waals surface area contributed by atoms with Gasteiger partial charge in [0.2, 0.25) is 5.91 Å². The maximum Gasteiger partial charge on any atom is 0.260 e. The summed E-state index contributed by atoms with van der Waals surface area (Å²) in [6.45, 7) is 9.01. The van der Waals surface area contributed by atoms with E-state index in [9.17, 15) is 9.59 Å². The van der Waals surface area contributed by atoms with E-state index in [1.807, 2.05) is 36.1 Å². The van der Waals surface area contributed by atoms with Gasteiger partial charge in [-0.1, -0.05) is 12.1 Å². The zero-order valence-electron chi connectivity index (χ0n) is 17.1. The topological polar surface area (TPSA) is 53.1 Å². The second kappa shape index (κ2) is 7.50. The standard InChI is InChI=1S/C21H31N3O3/c1-15(2)23-10-17-11-24(14-21(17,13-23)20(26)22(4)5)19(25)12-27-18-8-6-7-16(3)9-18/h6-9,15,17H,10-14H2,1-5H3/t17-,21-/m0/s1. The fourth-order valence-corrected chi connectivity index (χ4v) is 4.38. The zero-order valence-corrected chi connectivity index (χ0v) is 17.1. The summed E-state index contributed by atoms with van der Waals surface area (Å²) in [6.07, 6.45) is 0. The number of benzene rings is 1. The van der Waals surface area contributed by atoms with Crippen LogP contribution in [-0.2, 0) is 9.59 Å². The fraction of sp³-hybridized carbons (Fsp3) is 0.619. The quantitative estimate of drug-likeness (QED) is 0.787. The van der Waals surface area contributed by atoms with Crippen molar-refractivity contribution in [3.8, 4) is 5.75 Å². The van der Waals surface area contributed by atoms with Crippen LogP contribution in [0.1, 0.15) is 19.4 Å². The predicted molar refractivity (Wildman–Crippen MR) is 105 cm³/mol. The number of aryl methyl sites for hydroxylation is 1. The average molecular weight is 373 g/mol. The van der Waals surface area contributed by atoms with Gasteiger partial charge in [-0.15, -0.1) is 0 Å². The molecular formula is C21H31N3O3. The maximum atomic E-state index is 13.0. The molecule has 0 spiro atoms. The predicted octanol–water partition coefficient (Wildman–Crippen LogP) is 1.63. The molecular weight excluding hydrogens is 342 g/mol. The minimum atomic E-state index is -0.493. The van der Waals surface area contributed by atoms with Crippen molar-refractivity contribution in [2.24, 2.45) is 11.3 Å². The Morgan fingerprint density at radius 3 is 2.63 bits per heavy atom. The van der Waals surface area contributed by atoms with Gasteiger partial charge in [-0.3, -0.25) is 14.5 Å². The fourth-order valence-electron chi connectivity index (χ4n) is 4.38. The number of fused-ring (bicyclic) bond motifs is 1. The highest BCUT2D eigenvalue weighted by molar-refractivity contribution is 5.86. The molecule has 1 aromatic carbocycles. The van der Waals surface area contributed by atoms with Gasteiger partial charge in [0.25, 0.3) is 5.91 Å². The summed E-state index contributed by atoms with van der Waals surface area (Å²) in [5, 5.41) is 0. The third-order valence-corrected chi connectivity index (χ3v) is 5.90. The molecule has 2 amide bonds. The van der Waals surface area contributed by atoms with Gasteiger partial charge in [0.05, 0.1) is 5.41 Å². The summed E-state index contributed by atoms with van der Waals surface area (Å²) in [5.74, 6) is 0.962. The number of nitrogens with zero attached hydrogens (tertiary/aromatic N) is 3. The van der Waals surface area contributed by atoms with Gasteiger partial charge in [0.15, 0.2) is 6.61 Å². The Kier molecular flexibility index (Phi) is 5.47. The molecule has 0 radical (unpaired) electrons. The molecule has 0 N–H and O–H groups in total. The monoisotopic (exact) mass is 373 g/mol. The minimum absolute atomic E-state index is 0.0102. The number of likely N-dealkylation sites (tertiary alicyclic amines) is 2. The lowest BCUT2D eigenvalue weighted by atomic mass is 9.79. The molecule has 2 heterocycles. The Hall–Kier alpha value is -2.08. The van der Waals surface area contributed by atoms with E-state index >= 15 is 0 Å². The molecule has 6 nitrogen and oxygen atoms in total. The number of hydrogen-bond donors (Lipinski definition) is 0. The first-order valence-corrected chi connectivity index (χ1v) is 9.66. The molecule has 0 aliphatic carbocycles. The number of rotatable bonds is 5. The summed E-state index contributed by atoms with van der Waals surface area (Å²) in [4.78, 5) is 31.6. The zero-order chi connectivity index (χ0) is 19.8. The second-order valence-corrected chi connectivity index (χ2v) is 8.46. The van der Waals surface area contributed by atoms with Gasteiger partial charge in [0.1, 0.15) is 5.75 Å². The van der Waals surface area contributed by atoms with E-state index in [-0.39, 0.29) is 24.3 Å². The first kappa shape index (κ1) is 19.7. The van der Waals surface area contributed by atoms with Crippen molar-refractivity contribution in [1.29, 1.82) is 0 Å². The molecule has 2 saturated heterocycles. The molecule has 2 aliphatic rings. The van der Waals surface area contributed by atoms with Crippen molar-refractivity contribution < 1.29 is 14.3 Å². The molecule has 0 bridgehead atoms. The van der Waals surface area contributed by atoms with E-state index in [1.165, 1.54) is 0 Å². The van der Waals surface area contributed by atoms with Crippen molar-refractivity contribution in [3.05, 3.63) is 29.8 Å². The SMILES string of the molecule is Cc1cccc(OCC(=O)N2C[C@@H]3CN(C(C)C)C[C@]3(C(=O)N(C)C)C2)c1. The van der Waals surface area contributed by atoms with Crippen molar-refractivity contribution in [2.45, 2.75) is 26.8 Å². The lowest BCUT2D eigenvalue weighted by molar-refractivity contribution is -0.140. The number of carbonyl (C=O) groups excluding carboxylic acids is 2. The van der Waals surface area contributed by atoms with Gasteiger partial charge >= 0.3 is 0 Å². The number of carbonyl (C=O) groups is 2. The average Bonchev–Trinajstić information content (AvgIpc) is 3.14. The highest BCUT2D eigenvalue weighted by Gasteiger charge is 2.58. The van der Waals surface area contributed by atoms with E-state index in [2.05, 4.69) is 18.7 Å². The van der Waals surface area contributed by atoms with Crippen LogP contribution in [0.2, 0.25) is 0 Å². The Morgan fingerprint density at radius 2 is 2.00 bits per heavy atom. The normalized spacial score (nSPS) is 25.0. The number of hydrogen-bond acceptors (Lipinski definition) is 4. The Balaban J connectivity index is 1.69. The Labute approximate surface area is 162 Å². The van der Waals surface area contributed by atoms with Crippen molar-refractivity contribution in [3.63, 3.8) is 0 Å². The number of amides is 2.